The summed E-state index contributed by atoms with van der Waals surface area (Å²) in [5, 5.41) is 0.746. The van der Waals surface area contributed by atoms with E-state index in [0.717, 1.165) is 27.7 Å². The Morgan fingerprint density at radius 2 is 1.84 bits per heavy atom. The number of benzene rings is 1. The molecule has 2 heterocycles. The number of thiocarbonyl (C=S) groups is 1. The van der Waals surface area contributed by atoms with E-state index in [-0.39, 0.29) is 5.54 Å². The summed E-state index contributed by atoms with van der Waals surface area (Å²) in [7, 11) is 0. The van der Waals surface area contributed by atoms with Gasteiger partial charge in [0, 0.05) is 0 Å². The zero-order chi connectivity index (χ0) is 18.4. The number of aromatic nitrogens is 1. The van der Waals surface area contributed by atoms with E-state index in [4.69, 9.17) is 18.8 Å². The average molecular weight is 518 g/mol. The molecule has 1 aromatic heterocycles. The predicted molar refractivity (Wildman–Crippen MR) is 103 cm³/mol. The topological polar surface area (TPSA) is 23.7 Å². The predicted octanol–water partition coefficient (Wildman–Crippen LogP) is 4.32. The Labute approximate surface area is 164 Å². The summed E-state index contributed by atoms with van der Waals surface area (Å²) in [4.78, 5) is 12.3. The molecule has 0 amide bonds. The summed E-state index contributed by atoms with van der Waals surface area (Å²) in [5.74, 6) is 0. The van der Waals surface area contributed by atoms with Crippen molar-refractivity contribution in [1.29, 1.82) is 0 Å². The number of anilines is 2. The van der Waals surface area contributed by atoms with Gasteiger partial charge in [-0.3, -0.25) is 0 Å². The van der Waals surface area contributed by atoms with Crippen LogP contribution in [0, 0.1) is 20.4 Å². The number of pyridine rings is 1. The molecule has 25 heavy (non-hydrogen) atoms. The monoisotopic (exact) mass is 518 g/mol. The van der Waals surface area contributed by atoms with E-state index >= 15 is 0 Å². The molecule has 0 atom stereocenters. The molecule has 1 saturated heterocycles. The van der Waals surface area contributed by atoms with Crippen LogP contribution in [0.1, 0.15) is 25.1 Å². The first-order valence-corrected chi connectivity index (χ1v) is 9.74. The molecule has 0 bridgehead atoms. The van der Waals surface area contributed by atoms with Crippen molar-refractivity contribution < 1.29 is 19.4 Å². The Bertz CT molecular complexity index is 912. The summed E-state index contributed by atoms with van der Waals surface area (Å²) in [6.45, 7) is 15.5. The first kappa shape index (κ1) is 17.9. The van der Waals surface area contributed by atoms with E-state index in [0.29, 0.717) is 5.69 Å². The van der Waals surface area contributed by atoms with Gasteiger partial charge in [0.25, 0.3) is 0 Å². The third-order valence-electron chi connectivity index (χ3n) is 4.38. The molecule has 0 unspecified atom stereocenters. The van der Waals surface area contributed by atoms with E-state index < -0.39 is 0 Å². The van der Waals surface area contributed by atoms with Crippen LogP contribution in [-0.2, 0) is 19.4 Å². The van der Waals surface area contributed by atoms with Crippen LogP contribution in [0.4, 0.5) is 17.1 Å². The Hall–Kier alpha value is -1.89. The summed E-state index contributed by atoms with van der Waals surface area (Å²) < 4.78 is 1.23. The van der Waals surface area contributed by atoms with Crippen molar-refractivity contribution in [1.82, 2.24) is 4.98 Å². The standard InChI is InChI=1S/C19H18N4S.W/c1-13-10-15(8-9-17(13)20-5)22-12-19(3,4)23(18(22)24)16-7-6-14(2)21-11-16;/h6-11H,1-4H3;. The molecule has 4 nitrogen and oxygen atoms in total. The quantitative estimate of drug-likeness (QED) is 0.437. The van der Waals surface area contributed by atoms with E-state index in [2.05, 4.69) is 39.5 Å². The fraction of sp³-hybridized carbons (Fsp3) is 0.263. The Balaban J connectivity index is 2.07. The van der Waals surface area contributed by atoms with E-state index in [1.165, 1.54) is 23.4 Å². The van der Waals surface area contributed by atoms with Gasteiger partial charge < -0.3 is 0 Å². The molecular weight excluding hydrogens is 500 g/mol. The zero-order valence-corrected chi connectivity index (χ0v) is 18.3. The molecule has 1 aliphatic rings. The molecule has 3 rings (SSSR count). The first-order valence-electron chi connectivity index (χ1n) is 7.87. The van der Waals surface area contributed by atoms with Crippen LogP contribution in [-0.4, -0.2) is 19.7 Å². The van der Waals surface area contributed by atoms with Crippen molar-refractivity contribution in [2.24, 2.45) is 0 Å². The maximum absolute atomic E-state index is 7.24. The first-order chi connectivity index (χ1) is 11.8. The zero-order valence-electron chi connectivity index (χ0n) is 14.6. The number of hydrogen-bond donors (Lipinski definition) is 0. The van der Waals surface area contributed by atoms with Crippen LogP contribution >= 0.6 is 12.2 Å². The van der Waals surface area contributed by atoms with Crippen LogP contribution in [0.25, 0.3) is 4.85 Å². The van der Waals surface area contributed by atoms with Gasteiger partial charge in [0.15, 0.2) is 0 Å². The van der Waals surface area contributed by atoms with Gasteiger partial charge >= 0.3 is 165 Å². The Morgan fingerprint density at radius 3 is 2.40 bits per heavy atom. The number of rotatable bonds is 2. The maximum atomic E-state index is 7.24. The van der Waals surface area contributed by atoms with Gasteiger partial charge in [-0.1, -0.05) is 0 Å². The summed E-state index contributed by atoms with van der Waals surface area (Å²) in [6.07, 6.45) is 1.88. The fourth-order valence-electron chi connectivity index (χ4n) is 2.95. The fourth-order valence-corrected chi connectivity index (χ4v) is 4.73. The van der Waals surface area contributed by atoms with Gasteiger partial charge in [-0.05, 0) is 0 Å². The van der Waals surface area contributed by atoms with Gasteiger partial charge in [-0.15, -0.1) is 0 Å². The van der Waals surface area contributed by atoms with Crippen LogP contribution in [0.2, 0.25) is 0 Å². The molecule has 0 spiro atoms. The van der Waals surface area contributed by atoms with Crippen molar-refractivity contribution in [3.63, 3.8) is 0 Å². The van der Waals surface area contributed by atoms with Gasteiger partial charge in [-0.25, -0.2) is 0 Å². The van der Waals surface area contributed by atoms with Crippen LogP contribution in [0.5, 0.6) is 0 Å². The summed E-state index contributed by atoms with van der Waals surface area (Å²) in [6, 6.07) is 9.95. The SMILES string of the molecule is [C-]#[N+]c1ccc(N2C(=S)N(c3ccc(C)nc3)C(C)(C)[C]2=[W])cc1C. The molecule has 0 N–H and O–H groups in total. The van der Waals surface area contributed by atoms with Gasteiger partial charge in [-0.2, -0.15) is 0 Å². The van der Waals surface area contributed by atoms with Crippen molar-refractivity contribution in [2.75, 3.05) is 9.80 Å². The third kappa shape index (κ3) is 2.94. The molecule has 1 fully saturated rings. The third-order valence-corrected chi connectivity index (χ3v) is 7.20. The number of hydrogen-bond acceptors (Lipinski definition) is 2. The summed E-state index contributed by atoms with van der Waals surface area (Å²) in [5.41, 5.74) is 4.41. The molecule has 0 radical (unpaired) electrons. The Morgan fingerprint density at radius 1 is 1.16 bits per heavy atom. The second kappa shape index (κ2) is 6.44. The van der Waals surface area contributed by atoms with Gasteiger partial charge in [0.1, 0.15) is 0 Å². The summed E-state index contributed by atoms with van der Waals surface area (Å²) >= 11 is 7.22. The second-order valence-corrected chi connectivity index (χ2v) is 8.31. The minimum absolute atomic E-state index is 0.226. The molecule has 0 saturated carbocycles. The van der Waals surface area contributed by atoms with Gasteiger partial charge in [0.2, 0.25) is 0 Å². The molecule has 1 aromatic carbocycles. The molecule has 2 aromatic rings. The van der Waals surface area contributed by atoms with E-state index in [9.17, 15) is 0 Å². The van der Waals surface area contributed by atoms with Crippen LogP contribution in [0.3, 0.4) is 0 Å². The van der Waals surface area contributed by atoms with E-state index in [1.807, 2.05) is 44.3 Å². The minimum atomic E-state index is -0.226. The molecule has 6 heteroatoms. The van der Waals surface area contributed by atoms with Crippen molar-refractivity contribution in [3.05, 3.63) is 59.2 Å². The second-order valence-electron chi connectivity index (χ2n) is 6.56. The molecule has 126 valence electrons. The van der Waals surface area contributed by atoms with Crippen LogP contribution < -0.4 is 9.80 Å². The van der Waals surface area contributed by atoms with E-state index in [1.54, 1.807) is 0 Å². The van der Waals surface area contributed by atoms with Gasteiger partial charge in [0.05, 0.1) is 0 Å². The molecule has 0 aliphatic carbocycles. The normalized spacial score (nSPS) is 16.3. The number of nitrogens with zero attached hydrogens (tertiary/aromatic N) is 4. The van der Waals surface area contributed by atoms with Crippen molar-refractivity contribution in [2.45, 2.75) is 33.2 Å². The average Bonchev–Trinajstić information content (AvgIpc) is 2.74. The molecule has 1 aliphatic heterocycles. The Kier molecular flexibility index (Phi) is 4.62. The molecular formula is C19H18N4SW. The number of aryl methyl sites for hydroxylation is 2. The van der Waals surface area contributed by atoms with Crippen molar-refractivity contribution >= 4 is 38.4 Å². The van der Waals surface area contributed by atoms with Crippen LogP contribution in [0.15, 0.2) is 36.5 Å². The van der Waals surface area contributed by atoms with Crippen molar-refractivity contribution in [3.8, 4) is 0 Å².